The molecule has 0 fully saturated rings. The number of nitrogens with one attached hydrogen (secondary N) is 1. The molecular weight excluding hydrogens is 206 g/mol. The molecule has 0 heterocycles. The maximum Gasteiger partial charge on any atom is 0.0135 e. The Labute approximate surface area is 103 Å². The van der Waals surface area contributed by atoms with Crippen LogP contribution in [-0.4, -0.2) is 12.6 Å². The molecule has 3 rings (SSSR count). The van der Waals surface area contributed by atoms with E-state index in [4.69, 9.17) is 0 Å². The van der Waals surface area contributed by atoms with Crippen molar-refractivity contribution < 1.29 is 0 Å². The van der Waals surface area contributed by atoms with Crippen molar-refractivity contribution in [1.29, 1.82) is 0 Å². The summed E-state index contributed by atoms with van der Waals surface area (Å²) < 4.78 is 0. The zero-order chi connectivity index (χ0) is 11.7. The number of hydrogen-bond acceptors (Lipinski definition) is 1. The van der Waals surface area contributed by atoms with Gasteiger partial charge < -0.3 is 5.32 Å². The lowest BCUT2D eigenvalue weighted by atomic mass is 9.74. The average Bonchev–Trinajstić information content (AvgIpc) is 2.37. The zero-order valence-electron chi connectivity index (χ0n) is 10.2. The molecule has 2 aliphatic carbocycles. The summed E-state index contributed by atoms with van der Waals surface area (Å²) in [7, 11) is 0. The van der Waals surface area contributed by atoms with E-state index >= 15 is 0 Å². The van der Waals surface area contributed by atoms with Crippen molar-refractivity contribution in [3.05, 3.63) is 53.6 Å². The van der Waals surface area contributed by atoms with Gasteiger partial charge in [0, 0.05) is 12.6 Å². The highest BCUT2D eigenvalue weighted by Crippen LogP contribution is 2.39. The molecule has 0 saturated heterocycles. The van der Waals surface area contributed by atoms with E-state index in [2.05, 4.69) is 42.2 Å². The van der Waals surface area contributed by atoms with Crippen molar-refractivity contribution in [2.45, 2.75) is 31.2 Å². The van der Waals surface area contributed by atoms with Crippen LogP contribution < -0.4 is 5.32 Å². The second-order valence-corrected chi connectivity index (χ2v) is 5.09. The summed E-state index contributed by atoms with van der Waals surface area (Å²) >= 11 is 0. The van der Waals surface area contributed by atoms with Gasteiger partial charge in [-0.15, -0.1) is 6.58 Å². The number of rotatable bonds is 3. The molecule has 0 spiro atoms. The Morgan fingerprint density at radius 2 is 2.35 bits per heavy atom. The average molecular weight is 225 g/mol. The minimum atomic E-state index is 0.618. The van der Waals surface area contributed by atoms with Crippen LogP contribution in [0.15, 0.2) is 36.9 Å². The van der Waals surface area contributed by atoms with E-state index in [-0.39, 0.29) is 0 Å². The molecule has 88 valence electrons. The Morgan fingerprint density at radius 1 is 1.41 bits per heavy atom. The summed E-state index contributed by atoms with van der Waals surface area (Å²) in [6.45, 7) is 4.70. The van der Waals surface area contributed by atoms with Crippen molar-refractivity contribution in [2.75, 3.05) is 6.54 Å². The van der Waals surface area contributed by atoms with Crippen LogP contribution in [0.3, 0.4) is 0 Å². The molecule has 0 amide bonds. The van der Waals surface area contributed by atoms with Crippen molar-refractivity contribution in [1.82, 2.24) is 5.32 Å². The summed E-state index contributed by atoms with van der Waals surface area (Å²) in [5.74, 6) is 0.724. The maximum absolute atomic E-state index is 3.78. The summed E-state index contributed by atoms with van der Waals surface area (Å²) in [4.78, 5) is 0. The topological polar surface area (TPSA) is 12.0 Å². The molecule has 1 nitrogen and oxygen atoms in total. The third kappa shape index (κ3) is 1.96. The van der Waals surface area contributed by atoms with E-state index in [0.29, 0.717) is 6.04 Å². The Bertz CT molecular complexity index is 459. The molecule has 0 saturated carbocycles. The standard InChI is InChI=1S/C16H19N/c1-2-9-17-15-10-13-7-3-5-12-6-4-8-14(11-15)16(12)13/h2-7,14-15,17H,1,8-11H2. The minimum absolute atomic E-state index is 0.618. The fraction of sp³-hybridized carbons (Fsp3) is 0.375. The lowest BCUT2D eigenvalue weighted by molar-refractivity contribution is 0.425. The van der Waals surface area contributed by atoms with Crippen molar-refractivity contribution >= 4 is 6.08 Å². The maximum atomic E-state index is 3.78. The molecule has 0 bridgehead atoms. The number of allylic oxidation sites excluding steroid dienone is 1. The van der Waals surface area contributed by atoms with Crippen LogP contribution >= 0.6 is 0 Å². The van der Waals surface area contributed by atoms with Crippen LogP contribution in [0.4, 0.5) is 0 Å². The minimum Gasteiger partial charge on any atom is -0.310 e. The highest BCUT2D eigenvalue weighted by atomic mass is 14.9. The fourth-order valence-corrected chi connectivity index (χ4v) is 3.24. The van der Waals surface area contributed by atoms with Gasteiger partial charge in [-0.25, -0.2) is 0 Å². The van der Waals surface area contributed by atoms with Crippen LogP contribution in [0.2, 0.25) is 0 Å². The summed E-state index contributed by atoms with van der Waals surface area (Å²) in [5.41, 5.74) is 4.61. The first-order chi connectivity index (χ1) is 8.38. The highest BCUT2D eigenvalue weighted by molar-refractivity contribution is 5.60. The van der Waals surface area contributed by atoms with Crippen LogP contribution in [0.25, 0.3) is 6.08 Å². The van der Waals surface area contributed by atoms with Crippen molar-refractivity contribution in [3.8, 4) is 0 Å². The molecule has 1 aromatic rings. The predicted octanol–water partition coefficient (Wildman–Crippen LogP) is 3.28. The largest absolute Gasteiger partial charge is 0.310 e. The van der Waals surface area contributed by atoms with Gasteiger partial charge in [0.05, 0.1) is 0 Å². The molecule has 1 heteroatoms. The second kappa shape index (κ2) is 4.50. The first kappa shape index (κ1) is 10.8. The molecular formula is C16H19N. The van der Waals surface area contributed by atoms with Gasteiger partial charge >= 0.3 is 0 Å². The molecule has 2 unspecified atom stereocenters. The molecule has 1 N–H and O–H groups in total. The van der Waals surface area contributed by atoms with Gasteiger partial charge in [0.15, 0.2) is 0 Å². The van der Waals surface area contributed by atoms with E-state index in [9.17, 15) is 0 Å². The molecule has 2 aliphatic rings. The van der Waals surface area contributed by atoms with E-state index in [1.165, 1.54) is 24.8 Å². The normalized spacial score (nSPS) is 25.4. The lowest BCUT2D eigenvalue weighted by Crippen LogP contribution is -2.36. The van der Waals surface area contributed by atoms with Gasteiger partial charge in [-0.1, -0.05) is 36.4 Å². The Kier molecular flexibility index (Phi) is 2.86. The quantitative estimate of drug-likeness (QED) is 0.778. The second-order valence-electron chi connectivity index (χ2n) is 5.09. The first-order valence-electron chi connectivity index (χ1n) is 6.51. The SMILES string of the molecule is C=CCNC1Cc2cccc3c2C(CC=C3)C1. The Hall–Kier alpha value is -1.34. The van der Waals surface area contributed by atoms with Crippen LogP contribution in [0.1, 0.15) is 35.4 Å². The van der Waals surface area contributed by atoms with E-state index < -0.39 is 0 Å². The van der Waals surface area contributed by atoms with Gasteiger partial charge in [0.1, 0.15) is 0 Å². The van der Waals surface area contributed by atoms with Gasteiger partial charge in [0.25, 0.3) is 0 Å². The number of benzene rings is 1. The van der Waals surface area contributed by atoms with Crippen LogP contribution in [0, 0.1) is 0 Å². The van der Waals surface area contributed by atoms with E-state index in [1.807, 2.05) is 6.08 Å². The Morgan fingerprint density at radius 3 is 3.24 bits per heavy atom. The van der Waals surface area contributed by atoms with Gasteiger partial charge in [-0.3, -0.25) is 0 Å². The van der Waals surface area contributed by atoms with E-state index in [0.717, 1.165) is 12.5 Å². The van der Waals surface area contributed by atoms with Gasteiger partial charge in [-0.05, 0) is 41.9 Å². The molecule has 0 radical (unpaired) electrons. The summed E-state index contributed by atoms with van der Waals surface area (Å²) in [6, 6.07) is 7.36. The summed E-state index contributed by atoms with van der Waals surface area (Å²) in [5, 5.41) is 3.58. The highest BCUT2D eigenvalue weighted by Gasteiger charge is 2.28. The number of hydrogen-bond donors (Lipinski definition) is 1. The van der Waals surface area contributed by atoms with Crippen molar-refractivity contribution in [2.24, 2.45) is 0 Å². The Balaban J connectivity index is 1.90. The molecule has 0 aliphatic heterocycles. The third-order valence-corrected chi connectivity index (χ3v) is 3.94. The van der Waals surface area contributed by atoms with Gasteiger partial charge in [-0.2, -0.15) is 0 Å². The zero-order valence-corrected chi connectivity index (χ0v) is 10.2. The molecule has 1 aromatic carbocycles. The predicted molar refractivity (Wildman–Crippen MR) is 73.1 cm³/mol. The third-order valence-electron chi connectivity index (χ3n) is 3.94. The van der Waals surface area contributed by atoms with Crippen molar-refractivity contribution in [3.63, 3.8) is 0 Å². The fourth-order valence-electron chi connectivity index (χ4n) is 3.24. The smallest absolute Gasteiger partial charge is 0.0135 e. The molecule has 0 aromatic heterocycles. The van der Waals surface area contributed by atoms with Crippen LogP contribution in [0.5, 0.6) is 0 Å². The van der Waals surface area contributed by atoms with E-state index in [1.54, 1.807) is 11.1 Å². The summed E-state index contributed by atoms with van der Waals surface area (Å²) in [6.07, 6.45) is 10.2. The monoisotopic (exact) mass is 225 g/mol. The van der Waals surface area contributed by atoms with Gasteiger partial charge in [0.2, 0.25) is 0 Å². The first-order valence-corrected chi connectivity index (χ1v) is 6.51. The lowest BCUT2D eigenvalue weighted by Gasteiger charge is -2.34. The molecule has 2 atom stereocenters. The molecule has 17 heavy (non-hydrogen) atoms. The van der Waals surface area contributed by atoms with Crippen LogP contribution in [-0.2, 0) is 6.42 Å².